The lowest BCUT2D eigenvalue weighted by Crippen LogP contribution is -2.40. The number of sulfonamides is 1. The van der Waals surface area contributed by atoms with Crippen LogP contribution in [-0.4, -0.2) is 65.2 Å². The number of morpholine rings is 1. The number of methoxy groups -OCH3 is 1. The maximum Gasteiger partial charge on any atom is 0.246 e. The molecule has 0 bridgehead atoms. The van der Waals surface area contributed by atoms with E-state index in [0.29, 0.717) is 42.7 Å². The van der Waals surface area contributed by atoms with Gasteiger partial charge in [0, 0.05) is 18.1 Å². The van der Waals surface area contributed by atoms with Crippen LogP contribution >= 0.6 is 11.6 Å². The lowest BCUT2D eigenvalue weighted by molar-refractivity contribution is -0.120. The second kappa shape index (κ2) is 10.8. The molecule has 1 saturated heterocycles. The highest BCUT2D eigenvalue weighted by Gasteiger charge is 2.29. The van der Waals surface area contributed by atoms with Gasteiger partial charge in [0.05, 0.1) is 33.3 Å². The van der Waals surface area contributed by atoms with Crippen molar-refractivity contribution in [2.24, 2.45) is 0 Å². The second-order valence-corrected chi connectivity index (χ2v) is 9.17. The topological polar surface area (TPSA) is 94.2 Å². The summed E-state index contributed by atoms with van der Waals surface area (Å²) in [5.41, 5.74) is 0.573. The van der Waals surface area contributed by atoms with Crippen LogP contribution in [0.15, 0.2) is 47.4 Å². The summed E-state index contributed by atoms with van der Waals surface area (Å²) in [7, 11) is -2.33. The van der Waals surface area contributed by atoms with Crippen LogP contribution in [-0.2, 0) is 26.0 Å². The van der Waals surface area contributed by atoms with Crippen LogP contribution < -0.4 is 14.8 Å². The number of nitrogens with zero attached hydrogens (tertiary/aromatic N) is 1. The number of carbonyl (C=O) groups is 1. The summed E-state index contributed by atoms with van der Waals surface area (Å²) in [6.07, 6.45) is 0.0383. The highest BCUT2D eigenvalue weighted by atomic mass is 35.5. The van der Waals surface area contributed by atoms with Gasteiger partial charge < -0.3 is 19.5 Å². The fourth-order valence-corrected chi connectivity index (χ4v) is 4.84. The number of hydrogen-bond donors (Lipinski definition) is 1. The minimum atomic E-state index is -3.75. The van der Waals surface area contributed by atoms with E-state index in [1.807, 2.05) is 0 Å². The van der Waals surface area contributed by atoms with Crippen molar-refractivity contribution in [3.63, 3.8) is 0 Å². The molecule has 3 rings (SSSR count). The molecule has 0 spiro atoms. The molecule has 0 radical (unpaired) electrons. The molecule has 0 atom stereocenters. The zero-order valence-corrected chi connectivity index (χ0v) is 18.7. The van der Waals surface area contributed by atoms with Gasteiger partial charge in [-0.3, -0.25) is 4.79 Å². The maximum atomic E-state index is 13.0. The Morgan fingerprint density at radius 2 is 1.87 bits per heavy atom. The lowest BCUT2D eigenvalue weighted by atomic mass is 10.1. The number of benzene rings is 2. The molecular formula is C21H25ClN2O6S. The summed E-state index contributed by atoms with van der Waals surface area (Å²) in [6.45, 7) is 1.88. The zero-order chi connectivity index (χ0) is 22.3. The highest BCUT2D eigenvalue weighted by Crippen LogP contribution is 2.28. The number of carbonyl (C=O) groups excluding carboxylic acids is 1. The van der Waals surface area contributed by atoms with E-state index in [-0.39, 0.29) is 36.1 Å². The second-order valence-electron chi connectivity index (χ2n) is 6.83. The van der Waals surface area contributed by atoms with Crippen molar-refractivity contribution < 1.29 is 27.4 Å². The Balaban J connectivity index is 1.58. The van der Waals surface area contributed by atoms with Gasteiger partial charge in [0.1, 0.15) is 23.0 Å². The normalized spacial score (nSPS) is 14.8. The van der Waals surface area contributed by atoms with Crippen molar-refractivity contribution in [3.05, 3.63) is 53.1 Å². The molecule has 1 amide bonds. The molecule has 168 valence electrons. The molecule has 1 N–H and O–H groups in total. The lowest BCUT2D eigenvalue weighted by Gasteiger charge is -2.26. The molecule has 10 heteroatoms. The maximum absolute atomic E-state index is 13.0. The molecule has 0 saturated carbocycles. The molecule has 8 nitrogen and oxygen atoms in total. The molecule has 1 aliphatic heterocycles. The Labute approximate surface area is 187 Å². The van der Waals surface area contributed by atoms with Gasteiger partial charge in [-0.1, -0.05) is 17.7 Å². The van der Waals surface area contributed by atoms with E-state index >= 15 is 0 Å². The number of halogens is 1. The first-order chi connectivity index (χ1) is 14.9. The van der Waals surface area contributed by atoms with E-state index in [1.165, 1.54) is 17.5 Å². The molecule has 2 aromatic carbocycles. The Morgan fingerprint density at radius 3 is 2.55 bits per heavy atom. The molecule has 0 unspecified atom stereocenters. The van der Waals surface area contributed by atoms with Crippen molar-refractivity contribution in [1.82, 2.24) is 9.62 Å². The van der Waals surface area contributed by atoms with Gasteiger partial charge in [-0.15, -0.1) is 0 Å². The number of amides is 1. The van der Waals surface area contributed by atoms with Crippen LogP contribution in [0.2, 0.25) is 5.02 Å². The Kier molecular flexibility index (Phi) is 8.14. The quantitative estimate of drug-likeness (QED) is 0.566. The van der Waals surface area contributed by atoms with E-state index in [9.17, 15) is 13.2 Å². The van der Waals surface area contributed by atoms with Crippen molar-refractivity contribution >= 4 is 27.5 Å². The van der Waals surface area contributed by atoms with Gasteiger partial charge in [-0.25, -0.2) is 8.42 Å². The van der Waals surface area contributed by atoms with Crippen molar-refractivity contribution in [2.75, 3.05) is 46.6 Å². The number of hydrogen-bond acceptors (Lipinski definition) is 6. The summed E-state index contributed by atoms with van der Waals surface area (Å²) in [5.74, 6) is 0.665. The summed E-state index contributed by atoms with van der Waals surface area (Å²) < 4.78 is 43.5. The molecule has 1 heterocycles. The van der Waals surface area contributed by atoms with Gasteiger partial charge in [0.25, 0.3) is 0 Å². The predicted molar refractivity (Wildman–Crippen MR) is 116 cm³/mol. The SMILES string of the molecule is COc1ccc(CC(=O)NCCOc2ccc(Cl)cc2)cc1S(=O)(=O)N1CCOCC1. The van der Waals surface area contributed by atoms with Crippen molar-refractivity contribution in [2.45, 2.75) is 11.3 Å². The minimum absolute atomic E-state index is 0.0383. The van der Waals surface area contributed by atoms with Gasteiger partial charge in [-0.05, 0) is 42.0 Å². The van der Waals surface area contributed by atoms with Crippen LogP contribution in [0.5, 0.6) is 11.5 Å². The summed E-state index contributed by atoms with van der Waals surface area (Å²) >= 11 is 5.83. The first-order valence-corrected chi connectivity index (χ1v) is 11.6. The number of nitrogens with one attached hydrogen (secondary N) is 1. The summed E-state index contributed by atoms with van der Waals surface area (Å²) in [5, 5.41) is 3.39. The molecule has 2 aromatic rings. The first-order valence-electron chi connectivity index (χ1n) is 9.80. The van der Waals surface area contributed by atoms with E-state index in [4.69, 9.17) is 25.8 Å². The van der Waals surface area contributed by atoms with E-state index in [2.05, 4.69) is 5.32 Å². The molecular weight excluding hydrogens is 444 g/mol. The van der Waals surface area contributed by atoms with E-state index in [1.54, 1.807) is 36.4 Å². The van der Waals surface area contributed by atoms with Crippen LogP contribution in [0.4, 0.5) is 0 Å². The van der Waals surface area contributed by atoms with Gasteiger partial charge in [0.2, 0.25) is 15.9 Å². The number of ether oxygens (including phenoxy) is 3. The smallest absolute Gasteiger partial charge is 0.246 e. The van der Waals surface area contributed by atoms with Crippen LogP contribution in [0.3, 0.4) is 0 Å². The third-order valence-electron chi connectivity index (χ3n) is 4.69. The third kappa shape index (κ3) is 6.33. The average molecular weight is 469 g/mol. The van der Waals surface area contributed by atoms with E-state index < -0.39 is 10.0 Å². The Morgan fingerprint density at radius 1 is 1.16 bits per heavy atom. The van der Waals surface area contributed by atoms with Crippen LogP contribution in [0.1, 0.15) is 5.56 Å². The molecule has 31 heavy (non-hydrogen) atoms. The standard InChI is InChI=1S/C21H25ClN2O6S/c1-28-19-7-2-16(14-20(19)31(26,27)24-9-12-29-13-10-24)15-21(25)23-8-11-30-18-5-3-17(22)4-6-18/h2-7,14H,8-13,15H2,1H3,(H,23,25). The Bertz CT molecular complexity index is 991. The summed E-state index contributed by atoms with van der Waals surface area (Å²) in [4.78, 5) is 12.3. The fourth-order valence-electron chi connectivity index (χ4n) is 3.10. The fraction of sp³-hybridized carbons (Fsp3) is 0.381. The molecule has 1 fully saturated rings. The monoisotopic (exact) mass is 468 g/mol. The van der Waals surface area contributed by atoms with Crippen LogP contribution in [0.25, 0.3) is 0 Å². The summed E-state index contributed by atoms with van der Waals surface area (Å²) in [6, 6.07) is 11.7. The average Bonchev–Trinajstić information content (AvgIpc) is 2.78. The third-order valence-corrected chi connectivity index (χ3v) is 6.86. The van der Waals surface area contributed by atoms with Crippen molar-refractivity contribution in [1.29, 1.82) is 0 Å². The van der Waals surface area contributed by atoms with Crippen molar-refractivity contribution in [3.8, 4) is 11.5 Å². The molecule has 0 aromatic heterocycles. The minimum Gasteiger partial charge on any atom is -0.495 e. The van der Waals surface area contributed by atoms with Gasteiger partial charge >= 0.3 is 0 Å². The number of rotatable bonds is 9. The zero-order valence-electron chi connectivity index (χ0n) is 17.2. The van der Waals surface area contributed by atoms with Crippen LogP contribution in [0, 0.1) is 0 Å². The molecule has 1 aliphatic rings. The first kappa shape index (κ1) is 23.3. The van der Waals surface area contributed by atoms with E-state index in [0.717, 1.165) is 0 Å². The van der Waals surface area contributed by atoms with Gasteiger partial charge in [0.15, 0.2) is 0 Å². The highest BCUT2D eigenvalue weighted by molar-refractivity contribution is 7.89. The molecule has 0 aliphatic carbocycles. The largest absolute Gasteiger partial charge is 0.495 e. The van der Waals surface area contributed by atoms with Gasteiger partial charge in [-0.2, -0.15) is 4.31 Å². The Hall–Kier alpha value is -2.33. The predicted octanol–water partition coefficient (Wildman–Crippen LogP) is 2.11.